The van der Waals surface area contributed by atoms with Crippen molar-refractivity contribution >= 4 is 26.0 Å². The van der Waals surface area contributed by atoms with E-state index in [0.29, 0.717) is 11.5 Å². The standard InChI is InChI=1S/C11H16BrNO3S/c1-8-6-9(2)11(7-10(8)12)17(14,15)13-4-5-16-3/h6-7,13H,4-5H2,1-3H3. The van der Waals surface area contributed by atoms with Crippen molar-refractivity contribution in [2.24, 2.45) is 0 Å². The second-order valence-corrected chi connectivity index (χ2v) is 6.35. The van der Waals surface area contributed by atoms with E-state index in [0.717, 1.165) is 15.6 Å². The smallest absolute Gasteiger partial charge is 0.240 e. The van der Waals surface area contributed by atoms with E-state index in [9.17, 15) is 8.42 Å². The molecule has 0 aliphatic heterocycles. The fraction of sp³-hybridized carbons (Fsp3) is 0.455. The summed E-state index contributed by atoms with van der Waals surface area (Å²) >= 11 is 3.34. The third kappa shape index (κ3) is 3.77. The number of rotatable bonds is 5. The summed E-state index contributed by atoms with van der Waals surface area (Å²) in [5.41, 5.74) is 1.74. The highest BCUT2D eigenvalue weighted by atomic mass is 79.9. The minimum Gasteiger partial charge on any atom is -0.383 e. The van der Waals surface area contributed by atoms with E-state index >= 15 is 0 Å². The highest BCUT2D eigenvalue weighted by molar-refractivity contribution is 9.10. The first-order chi connectivity index (χ1) is 7.88. The van der Waals surface area contributed by atoms with Gasteiger partial charge >= 0.3 is 0 Å². The minimum atomic E-state index is -3.46. The van der Waals surface area contributed by atoms with Crippen molar-refractivity contribution in [3.63, 3.8) is 0 Å². The molecule has 1 aromatic carbocycles. The highest BCUT2D eigenvalue weighted by Gasteiger charge is 2.17. The summed E-state index contributed by atoms with van der Waals surface area (Å²) in [6, 6.07) is 3.47. The van der Waals surface area contributed by atoms with E-state index in [1.165, 1.54) is 7.11 Å². The zero-order chi connectivity index (χ0) is 13.1. The van der Waals surface area contributed by atoms with Crippen LogP contribution in [-0.4, -0.2) is 28.7 Å². The van der Waals surface area contributed by atoms with Gasteiger partial charge in [0.15, 0.2) is 0 Å². The molecule has 0 unspecified atom stereocenters. The van der Waals surface area contributed by atoms with E-state index in [1.54, 1.807) is 13.0 Å². The quantitative estimate of drug-likeness (QED) is 0.844. The van der Waals surface area contributed by atoms with Gasteiger partial charge in [0.25, 0.3) is 0 Å². The van der Waals surface area contributed by atoms with E-state index in [1.807, 2.05) is 13.0 Å². The molecule has 0 aliphatic rings. The van der Waals surface area contributed by atoms with E-state index < -0.39 is 10.0 Å². The summed E-state index contributed by atoms with van der Waals surface area (Å²) < 4.78 is 32.1. The van der Waals surface area contributed by atoms with Gasteiger partial charge in [0, 0.05) is 18.1 Å². The zero-order valence-corrected chi connectivity index (χ0v) is 12.5. The lowest BCUT2D eigenvalue weighted by atomic mass is 10.2. The Bertz CT molecular complexity index is 500. The van der Waals surface area contributed by atoms with Crippen LogP contribution in [0, 0.1) is 13.8 Å². The zero-order valence-electron chi connectivity index (χ0n) is 10.1. The van der Waals surface area contributed by atoms with Gasteiger partial charge < -0.3 is 4.74 Å². The van der Waals surface area contributed by atoms with Crippen LogP contribution in [0.3, 0.4) is 0 Å². The topological polar surface area (TPSA) is 55.4 Å². The van der Waals surface area contributed by atoms with Gasteiger partial charge in [0.2, 0.25) is 10.0 Å². The van der Waals surface area contributed by atoms with Crippen LogP contribution in [0.5, 0.6) is 0 Å². The van der Waals surface area contributed by atoms with Crippen LogP contribution in [0.15, 0.2) is 21.5 Å². The van der Waals surface area contributed by atoms with Crippen LogP contribution in [0.2, 0.25) is 0 Å². The maximum absolute atomic E-state index is 12.0. The van der Waals surface area contributed by atoms with Crippen molar-refractivity contribution in [3.8, 4) is 0 Å². The second kappa shape index (κ2) is 5.95. The first-order valence-corrected chi connectivity index (χ1v) is 7.41. The van der Waals surface area contributed by atoms with Gasteiger partial charge in [0.1, 0.15) is 0 Å². The Morgan fingerprint density at radius 1 is 1.29 bits per heavy atom. The molecule has 0 aliphatic carbocycles. The van der Waals surface area contributed by atoms with Gasteiger partial charge in [-0.3, -0.25) is 0 Å². The number of hydrogen-bond donors (Lipinski definition) is 1. The molecule has 96 valence electrons. The summed E-state index contributed by atoms with van der Waals surface area (Å²) in [5, 5.41) is 0. The van der Waals surface area contributed by atoms with Gasteiger partial charge in [-0.05, 0) is 31.0 Å². The molecular formula is C11H16BrNO3S. The van der Waals surface area contributed by atoms with Gasteiger partial charge in [0.05, 0.1) is 11.5 Å². The lowest BCUT2D eigenvalue weighted by molar-refractivity contribution is 0.204. The van der Waals surface area contributed by atoms with Crippen LogP contribution in [0.4, 0.5) is 0 Å². The molecule has 0 spiro atoms. The lowest BCUT2D eigenvalue weighted by Crippen LogP contribution is -2.27. The summed E-state index contributed by atoms with van der Waals surface area (Å²) in [5.74, 6) is 0. The van der Waals surface area contributed by atoms with Crippen LogP contribution in [-0.2, 0) is 14.8 Å². The minimum absolute atomic E-state index is 0.268. The van der Waals surface area contributed by atoms with Crippen LogP contribution in [0.1, 0.15) is 11.1 Å². The molecule has 0 radical (unpaired) electrons. The Morgan fingerprint density at radius 3 is 2.53 bits per heavy atom. The molecule has 1 aromatic rings. The number of sulfonamides is 1. The molecule has 0 heterocycles. The molecule has 1 rings (SSSR count). The number of methoxy groups -OCH3 is 1. The average Bonchev–Trinajstić information content (AvgIpc) is 2.23. The fourth-order valence-electron chi connectivity index (χ4n) is 1.45. The van der Waals surface area contributed by atoms with Crippen molar-refractivity contribution in [1.82, 2.24) is 4.72 Å². The molecule has 0 fully saturated rings. The van der Waals surface area contributed by atoms with Crippen molar-refractivity contribution in [2.75, 3.05) is 20.3 Å². The number of hydrogen-bond acceptors (Lipinski definition) is 3. The molecule has 0 saturated heterocycles. The Hall–Kier alpha value is -0.430. The second-order valence-electron chi connectivity index (χ2n) is 3.76. The maximum atomic E-state index is 12.0. The van der Waals surface area contributed by atoms with Crippen LogP contribution in [0.25, 0.3) is 0 Å². The Balaban J connectivity index is 3.03. The van der Waals surface area contributed by atoms with Gasteiger partial charge in [-0.1, -0.05) is 22.0 Å². The van der Waals surface area contributed by atoms with Crippen LogP contribution < -0.4 is 4.72 Å². The number of ether oxygens (including phenoxy) is 1. The lowest BCUT2D eigenvalue weighted by Gasteiger charge is -2.10. The summed E-state index contributed by atoms with van der Waals surface area (Å²) in [7, 11) is -1.93. The Morgan fingerprint density at radius 2 is 1.94 bits per heavy atom. The van der Waals surface area contributed by atoms with Gasteiger partial charge in [-0.25, -0.2) is 13.1 Å². The van der Waals surface area contributed by atoms with E-state index in [2.05, 4.69) is 20.7 Å². The van der Waals surface area contributed by atoms with Gasteiger partial charge in [-0.15, -0.1) is 0 Å². The number of halogens is 1. The molecule has 0 aromatic heterocycles. The molecule has 6 heteroatoms. The predicted molar refractivity (Wildman–Crippen MR) is 70.7 cm³/mol. The van der Waals surface area contributed by atoms with Crippen molar-refractivity contribution in [3.05, 3.63) is 27.7 Å². The molecule has 1 N–H and O–H groups in total. The fourth-order valence-corrected chi connectivity index (χ4v) is 3.21. The molecule has 0 amide bonds. The Kier molecular flexibility index (Phi) is 5.12. The average molecular weight is 322 g/mol. The molecule has 0 saturated carbocycles. The molecule has 4 nitrogen and oxygen atoms in total. The van der Waals surface area contributed by atoms with Gasteiger partial charge in [-0.2, -0.15) is 0 Å². The predicted octanol–water partition coefficient (Wildman–Crippen LogP) is 1.99. The molecule has 17 heavy (non-hydrogen) atoms. The van der Waals surface area contributed by atoms with Crippen molar-refractivity contribution < 1.29 is 13.2 Å². The number of aryl methyl sites for hydroxylation is 2. The number of benzene rings is 1. The molecule has 0 atom stereocenters. The summed E-state index contributed by atoms with van der Waals surface area (Å²) in [4.78, 5) is 0.297. The Labute approximate surface area is 111 Å². The maximum Gasteiger partial charge on any atom is 0.240 e. The first kappa shape index (κ1) is 14.6. The number of nitrogens with one attached hydrogen (secondary N) is 1. The highest BCUT2D eigenvalue weighted by Crippen LogP contribution is 2.24. The molecular weight excluding hydrogens is 306 g/mol. The van der Waals surface area contributed by atoms with Crippen LogP contribution >= 0.6 is 15.9 Å². The monoisotopic (exact) mass is 321 g/mol. The van der Waals surface area contributed by atoms with Crippen molar-refractivity contribution in [1.29, 1.82) is 0 Å². The molecule has 0 bridgehead atoms. The summed E-state index contributed by atoms with van der Waals surface area (Å²) in [6.07, 6.45) is 0. The normalized spacial score (nSPS) is 11.8. The third-order valence-corrected chi connectivity index (χ3v) is 4.80. The largest absolute Gasteiger partial charge is 0.383 e. The third-order valence-electron chi connectivity index (χ3n) is 2.34. The van der Waals surface area contributed by atoms with E-state index in [-0.39, 0.29) is 6.54 Å². The first-order valence-electron chi connectivity index (χ1n) is 5.14. The van der Waals surface area contributed by atoms with Crippen molar-refractivity contribution in [2.45, 2.75) is 18.7 Å². The van der Waals surface area contributed by atoms with E-state index in [4.69, 9.17) is 4.74 Å². The summed E-state index contributed by atoms with van der Waals surface area (Å²) in [6.45, 7) is 4.32. The SMILES string of the molecule is COCCNS(=O)(=O)c1cc(Br)c(C)cc1C.